The fourth-order valence-corrected chi connectivity index (χ4v) is 2.70. The third kappa shape index (κ3) is 2.28. The number of anilines is 2. The molecular formula is C18H13N3O2. The van der Waals surface area contributed by atoms with Gasteiger partial charge in [0, 0.05) is 34.7 Å². The average molecular weight is 303 g/mol. The molecule has 0 unspecified atom stereocenters. The van der Waals surface area contributed by atoms with Crippen LogP contribution in [0.5, 0.6) is 5.75 Å². The highest BCUT2D eigenvalue weighted by Crippen LogP contribution is 2.37. The number of aromatic hydroxyl groups is 1. The van der Waals surface area contributed by atoms with Gasteiger partial charge in [0.1, 0.15) is 5.75 Å². The summed E-state index contributed by atoms with van der Waals surface area (Å²) in [6.45, 7) is 0. The molecule has 1 aliphatic rings. The van der Waals surface area contributed by atoms with Gasteiger partial charge < -0.3 is 15.7 Å². The second-order valence-corrected chi connectivity index (χ2v) is 5.26. The number of nitrogens with zero attached hydrogens (tertiary/aromatic N) is 1. The molecule has 0 spiro atoms. The maximum atomic E-state index is 12.3. The fourth-order valence-electron chi connectivity index (χ4n) is 2.70. The fraction of sp³-hybridized carbons (Fsp3) is 0. The molecule has 5 heteroatoms. The van der Waals surface area contributed by atoms with Gasteiger partial charge in [-0.1, -0.05) is 6.07 Å². The number of hydrogen-bond donors (Lipinski definition) is 3. The molecular weight excluding hydrogens is 290 g/mol. The summed E-state index contributed by atoms with van der Waals surface area (Å²) >= 11 is 0. The molecule has 0 atom stereocenters. The van der Waals surface area contributed by atoms with E-state index >= 15 is 0 Å². The standard InChI is InChI=1S/C18H13N3O2/c22-12-5-3-11(4-6-12)20-10-14-17-13-2-1-9-19-15(13)7-8-16(17)21-18(14)23/h1-10,20,22H,(H,21,23). The first-order valence-corrected chi connectivity index (χ1v) is 7.17. The van der Waals surface area contributed by atoms with Crippen LogP contribution in [-0.2, 0) is 4.79 Å². The minimum Gasteiger partial charge on any atom is -0.508 e. The second kappa shape index (κ2) is 5.14. The predicted molar refractivity (Wildman–Crippen MR) is 90.1 cm³/mol. The van der Waals surface area contributed by atoms with Gasteiger partial charge >= 0.3 is 0 Å². The predicted octanol–water partition coefficient (Wildman–Crippen LogP) is 3.35. The van der Waals surface area contributed by atoms with E-state index in [4.69, 9.17) is 0 Å². The number of carbonyl (C=O) groups excluding carboxylic acids is 1. The number of benzene rings is 2. The lowest BCUT2D eigenvalue weighted by Gasteiger charge is -2.05. The number of nitrogens with one attached hydrogen (secondary N) is 2. The van der Waals surface area contributed by atoms with Crippen molar-refractivity contribution >= 4 is 33.8 Å². The molecule has 1 aromatic heterocycles. The van der Waals surface area contributed by atoms with E-state index in [9.17, 15) is 9.90 Å². The van der Waals surface area contributed by atoms with Crippen LogP contribution >= 0.6 is 0 Å². The number of carbonyl (C=O) groups is 1. The van der Waals surface area contributed by atoms with Crippen molar-refractivity contribution in [1.29, 1.82) is 0 Å². The van der Waals surface area contributed by atoms with Crippen molar-refractivity contribution in [2.24, 2.45) is 0 Å². The molecule has 2 aromatic carbocycles. The zero-order chi connectivity index (χ0) is 15.8. The van der Waals surface area contributed by atoms with Crippen molar-refractivity contribution in [2.45, 2.75) is 0 Å². The number of phenolic OH excluding ortho intramolecular Hbond substituents is 1. The molecule has 1 aliphatic heterocycles. The van der Waals surface area contributed by atoms with Crippen molar-refractivity contribution < 1.29 is 9.90 Å². The first kappa shape index (κ1) is 13.3. The Labute approximate surface area is 132 Å². The van der Waals surface area contributed by atoms with Gasteiger partial charge in [-0.25, -0.2) is 0 Å². The number of amides is 1. The van der Waals surface area contributed by atoms with E-state index in [1.54, 1.807) is 36.7 Å². The van der Waals surface area contributed by atoms with Crippen LogP contribution in [0.15, 0.2) is 60.9 Å². The van der Waals surface area contributed by atoms with Gasteiger partial charge in [0.2, 0.25) is 0 Å². The molecule has 2 heterocycles. The molecule has 0 bridgehead atoms. The minimum atomic E-state index is -0.150. The molecule has 3 aromatic rings. The molecule has 0 saturated carbocycles. The summed E-state index contributed by atoms with van der Waals surface area (Å²) in [5.74, 6) is 0.0480. The molecule has 4 rings (SSSR count). The van der Waals surface area contributed by atoms with Gasteiger partial charge in [0.05, 0.1) is 11.1 Å². The highest BCUT2D eigenvalue weighted by molar-refractivity contribution is 6.34. The summed E-state index contributed by atoms with van der Waals surface area (Å²) in [6, 6.07) is 14.2. The van der Waals surface area contributed by atoms with Gasteiger partial charge in [-0.2, -0.15) is 0 Å². The maximum absolute atomic E-state index is 12.3. The van der Waals surface area contributed by atoms with Gasteiger partial charge in [0.15, 0.2) is 0 Å². The molecule has 112 valence electrons. The summed E-state index contributed by atoms with van der Waals surface area (Å²) in [6.07, 6.45) is 3.41. The van der Waals surface area contributed by atoms with E-state index < -0.39 is 0 Å². The van der Waals surface area contributed by atoms with Crippen LogP contribution in [0.25, 0.3) is 16.5 Å². The van der Waals surface area contributed by atoms with E-state index in [1.165, 1.54) is 0 Å². The van der Waals surface area contributed by atoms with Gasteiger partial charge in [-0.15, -0.1) is 0 Å². The largest absolute Gasteiger partial charge is 0.508 e. The van der Waals surface area contributed by atoms with Crippen molar-refractivity contribution in [3.05, 3.63) is 66.5 Å². The van der Waals surface area contributed by atoms with Crippen LogP contribution in [-0.4, -0.2) is 16.0 Å². The summed E-state index contributed by atoms with van der Waals surface area (Å²) in [4.78, 5) is 16.6. The van der Waals surface area contributed by atoms with E-state index in [-0.39, 0.29) is 11.7 Å². The topological polar surface area (TPSA) is 74.2 Å². The molecule has 0 radical (unpaired) electrons. The Kier molecular flexibility index (Phi) is 2.98. The van der Waals surface area contributed by atoms with E-state index in [0.717, 1.165) is 27.8 Å². The molecule has 0 fully saturated rings. The normalized spacial score (nSPS) is 14.8. The zero-order valence-electron chi connectivity index (χ0n) is 12.1. The number of phenols is 1. The Morgan fingerprint density at radius 3 is 2.74 bits per heavy atom. The summed E-state index contributed by atoms with van der Waals surface area (Å²) in [7, 11) is 0. The Hall–Kier alpha value is -3.34. The first-order valence-electron chi connectivity index (χ1n) is 7.17. The highest BCUT2D eigenvalue weighted by Gasteiger charge is 2.26. The van der Waals surface area contributed by atoms with Crippen LogP contribution in [0.3, 0.4) is 0 Å². The summed E-state index contributed by atoms with van der Waals surface area (Å²) in [5.41, 5.74) is 3.83. The lowest BCUT2D eigenvalue weighted by atomic mass is 10.0. The average Bonchev–Trinajstić information content (AvgIpc) is 2.90. The maximum Gasteiger partial charge on any atom is 0.257 e. The molecule has 3 N–H and O–H groups in total. The second-order valence-electron chi connectivity index (χ2n) is 5.26. The first-order chi connectivity index (χ1) is 11.2. The van der Waals surface area contributed by atoms with E-state index in [1.807, 2.05) is 24.3 Å². The number of rotatable bonds is 2. The number of hydrogen-bond acceptors (Lipinski definition) is 4. The summed E-state index contributed by atoms with van der Waals surface area (Å²) < 4.78 is 0. The lowest BCUT2D eigenvalue weighted by Crippen LogP contribution is -2.05. The third-order valence-electron chi connectivity index (χ3n) is 3.80. The lowest BCUT2D eigenvalue weighted by molar-refractivity contribution is -0.110. The van der Waals surface area contributed by atoms with Crippen molar-refractivity contribution in [3.8, 4) is 5.75 Å². The van der Waals surface area contributed by atoms with E-state index in [2.05, 4.69) is 15.6 Å². The number of fused-ring (bicyclic) bond motifs is 3. The van der Waals surface area contributed by atoms with E-state index in [0.29, 0.717) is 5.57 Å². The Morgan fingerprint density at radius 2 is 1.91 bits per heavy atom. The van der Waals surface area contributed by atoms with Crippen LogP contribution in [0, 0.1) is 0 Å². The molecule has 1 amide bonds. The Bertz CT molecular complexity index is 946. The SMILES string of the molecule is O=C1Nc2ccc3ncccc3c2C1=CNc1ccc(O)cc1. The minimum absolute atomic E-state index is 0.150. The number of aromatic nitrogens is 1. The third-order valence-corrected chi connectivity index (χ3v) is 3.80. The van der Waals surface area contributed by atoms with Gasteiger partial charge in [-0.3, -0.25) is 9.78 Å². The molecule has 0 aliphatic carbocycles. The van der Waals surface area contributed by atoms with Crippen LogP contribution < -0.4 is 10.6 Å². The molecule has 23 heavy (non-hydrogen) atoms. The Morgan fingerprint density at radius 1 is 1.09 bits per heavy atom. The number of pyridine rings is 1. The van der Waals surface area contributed by atoms with Crippen LogP contribution in [0.4, 0.5) is 11.4 Å². The van der Waals surface area contributed by atoms with Crippen molar-refractivity contribution in [2.75, 3.05) is 10.6 Å². The van der Waals surface area contributed by atoms with Gasteiger partial charge in [-0.05, 0) is 42.5 Å². The van der Waals surface area contributed by atoms with Crippen LogP contribution in [0.1, 0.15) is 5.56 Å². The zero-order valence-corrected chi connectivity index (χ0v) is 12.1. The molecule has 0 saturated heterocycles. The van der Waals surface area contributed by atoms with Crippen LogP contribution in [0.2, 0.25) is 0 Å². The molecule has 5 nitrogen and oxygen atoms in total. The van der Waals surface area contributed by atoms with Gasteiger partial charge in [0.25, 0.3) is 5.91 Å². The monoisotopic (exact) mass is 303 g/mol. The van der Waals surface area contributed by atoms with Crippen molar-refractivity contribution in [1.82, 2.24) is 4.98 Å². The Balaban J connectivity index is 1.79. The smallest absolute Gasteiger partial charge is 0.257 e. The summed E-state index contributed by atoms with van der Waals surface area (Å²) in [5, 5.41) is 16.2. The highest BCUT2D eigenvalue weighted by atomic mass is 16.3. The van der Waals surface area contributed by atoms with Crippen molar-refractivity contribution in [3.63, 3.8) is 0 Å². The quantitative estimate of drug-likeness (QED) is 0.501.